The minimum Gasteiger partial charge on any atom is -0.497 e. The van der Waals surface area contributed by atoms with E-state index < -0.39 is 0 Å². The van der Waals surface area contributed by atoms with Crippen molar-refractivity contribution in [3.63, 3.8) is 0 Å². The van der Waals surface area contributed by atoms with Gasteiger partial charge in [0.15, 0.2) is 0 Å². The molecule has 3 heteroatoms. The predicted octanol–water partition coefficient (Wildman–Crippen LogP) is 3.78. The lowest BCUT2D eigenvalue weighted by molar-refractivity contribution is -0.143. The highest BCUT2D eigenvalue weighted by Crippen LogP contribution is 2.30. The Balaban J connectivity index is 2.68. The fourth-order valence-electron chi connectivity index (χ4n) is 2.24. The summed E-state index contributed by atoms with van der Waals surface area (Å²) in [4.78, 5) is 11.5. The molecule has 0 fully saturated rings. The Morgan fingerprint density at radius 3 is 2.32 bits per heavy atom. The van der Waals surface area contributed by atoms with Gasteiger partial charge in [0.05, 0.1) is 13.7 Å². The van der Waals surface area contributed by atoms with E-state index in [2.05, 4.69) is 26.0 Å². The average molecular weight is 264 g/mol. The molecule has 1 atom stereocenters. The van der Waals surface area contributed by atoms with Gasteiger partial charge in [0, 0.05) is 6.42 Å². The Morgan fingerprint density at radius 2 is 1.84 bits per heavy atom. The Hall–Kier alpha value is -1.51. The number of ether oxygens (including phenoxy) is 2. The topological polar surface area (TPSA) is 35.5 Å². The van der Waals surface area contributed by atoms with E-state index in [4.69, 9.17) is 9.47 Å². The van der Waals surface area contributed by atoms with Crippen LogP contribution in [0.4, 0.5) is 0 Å². The molecule has 0 bridgehead atoms. The van der Waals surface area contributed by atoms with Gasteiger partial charge in [0.1, 0.15) is 5.75 Å². The number of rotatable bonds is 7. The number of benzene rings is 1. The molecule has 1 rings (SSSR count). The van der Waals surface area contributed by atoms with Crippen molar-refractivity contribution in [1.82, 2.24) is 0 Å². The van der Waals surface area contributed by atoms with Crippen LogP contribution in [0, 0.1) is 5.92 Å². The summed E-state index contributed by atoms with van der Waals surface area (Å²) < 4.78 is 10.2. The lowest BCUT2D eigenvalue weighted by atomic mass is 9.85. The summed E-state index contributed by atoms with van der Waals surface area (Å²) in [6.07, 6.45) is 1.30. The second-order valence-electron chi connectivity index (χ2n) is 4.97. The van der Waals surface area contributed by atoms with Crippen LogP contribution in [-0.2, 0) is 9.53 Å². The molecule has 0 N–H and O–H groups in total. The van der Waals surface area contributed by atoms with Crippen molar-refractivity contribution in [1.29, 1.82) is 0 Å². The second kappa shape index (κ2) is 7.82. The molecule has 0 unspecified atom stereocenters. The molecule has 0 spiro atoms. The number of esters is 1. The average Bonchev–Trinajstić information content (AvgIpc) is 2.39. The van der Waals surface area contributed by atoms with Crippen LogP contribution >= 0.6 is 0 Å². The number of hydrogen-bond donors (Lipinski definition) is 0. The molecule has 0 aromatic heterocycles. The highest BCUT2D eigenvalue weighted by Gasteiger charge is 2.17. The number of hydrogen-bond acceptors (Lipinski definition) is 3. The van der Waals surface area contributed by atoms with E-state index in [0.29, 0.717) is 24.9 Å². The lowest BCUT2D eigenvalue weighted by Crippen LogP contribution is -2.11. The molecule has 3 nitrogen and oxygen atoms in total. The molecule has 19 heavy (non-hydrogen) atoms. The molecule has 0 aliphatic heterocycles. The van der Waals surface area contributed by atoms with Crippen LogP contribution in [0.15, 0.2) is 24.3 Å². The van der Waals surface area contributed by atoms with E-state index in [-0.39, 0.29) is 5.97 Å². The zero-order chi connectivity index (χ0) is 14.3. The standard InChI is InChI=1S/C16H24O3/c1-5-19-16(17)11-10-15(12(2)3)13-6-8-14(18-4)9-7-13/h6-9,12,15H,5,10-11H2,1-4H3/t15-/m1/s1. The first kappa shape index (κ1) is 15.5. The first-order valence-electron chi connectivity index (χ1n) is 6.88. The maximum absolute atomic E-state index is 11.5. The molecule has 0 aliphatic carbocycles. The van der Waals surface area contributed by atoms with E-state index in [1.54, 1.807) is 7.11 Å². The third kappa shape index (κ3) is 4.93. The van der Waals surface area contributed by atoms with Gasteiger partial charge in [-0.15, -0.1) is 0 Å². The summed E-state index contributed by atoms with van der Waals surface area (Å²) in [6, 6.07) is 8.09. The van der Waals surface area contributed by atoms with E-state index in [0.717, 1.165) is 12.2 Å². The van der Waals surface area contributed by atoms with Crippen LogP contribution in [0.25, 0.3) is 0 Å². The number of carbonyl (C=O) groups is 1. The smallest absolute Gasteiger partial charge is 0.305 e. The third-order valence-corrected chi connectivity index (χ3v) is 3.31. The summed E-state index contributed by atoms with van der Waals surface area (Å²) in [5, 5.41) is 0. The van der Waals surface area contributed by atoms with E-state index in [1.165, 1.54) is 5.56 Å². The minimum absolute atomic E-state index is 0.110. The van der Waals surface area contributed by atoms with Gasteiger partial charge in [-0.25, -0.2) is 0 Å². The van der Waals surface area contributed by atoms with Gasteiger partial charge in [0.2, 0.25) is 0 Å². The normalized spacial score (nSPS) is 12.3. The van der Waals surface area contributed by atoms with Crippen molar-refractivity contribution < 1.29 is 14.3 Å². The monoisotopic (exact) mass is 264 g/mol. The van der Waals surface area contributed by atoms with Crippen LogP contribution in [0.5, 0.6) is 5.75 Å². The highest BCUT2D eigenvalue weighted by molar-refractivity contribution is 5.69. The molecular formula is C16H24O3. The van der Waals surface area contributed by atoms with Crippen molar-refractivity contribution in [2.75, 3.05) is 13.7 Å². The van der Waals surface area contributed by atoms with Crippen molar-refractivity contribution in [2.24, 2.45) is 5.92 Å². The van der Waals surface area contributed by atoms with E-state index in [1.807, 2.05) is 19.1 Å². The fourth-order valence-corrected chi connectivity index (χ4v) is 2.24. The maximum Gasteiger partial charge on any atom is 0.305 e. The molecule has 0 radical (unpaired) electrons. The Morgan fingerprint density at radius 1 is 1.21 bits per heavy atom. The Labute approximate surface area is 115 Å². The molecule has 0 aliphatic rings. The van der Waals surface area contributed by atoms with Crippen molar-refractivity contribution in [3.05, 3.63) is 29.8 Å². The quantitative estimate of drug-likeness (QED) is 0.703. The SMILES string of the molecule is CCOC(=O)CC[C@@H](c1ccc(OC)cc1)C(C)C. The van der Waals surface area contributed by atoms with E-state index in [9.17, 15) is 4.79 Å². The van der Waals surface area contributed by atoms with Crippen LogP contribution in [0.1, 0.15) is 45.1 Å². The van der Waals surface area contributed by atoms with Gasteiger partial charge in [0.25, 0.3) is 0 Å². The van der Waals surface area contributed by atoms with Crippen LogP contribution in [0.2, 0.25) is 0 Å². The second-order valence-corrected chi connectivity index (χ2v) is 4.97. The van der Waals surface area contributed by atoms with Crippen molar-refractivity contribution in [3.8, 4) is 5.75 Å². The van der Waals surface area contributed by atoms with Gasteiger partial charge in [-0.3, -0.25) is 4.79 Å². The summed E-state index contributed by atoms with van der Waals surface area (Å²) in [5.74, 6) is 1.61. The molecule has 106 valence electrons. The molecule has 1 aromatic carbocycles. The van der Waals surface area contributed by atoms with Gasteiger partial charge in [-0.1, -0.05) is 26.0 Å². The summed E-state index contributed by atoms with van der Waals surface area (Å²) in [5.41, 5.74) is 1.25. The summed E-state index contributed by atoms with van der Waals surface area (Å²) in [7, 11) is 1.66. The van der Waals surface area contributed by atoms with Gasteiger partial charge in [-0.05, 0) is 42.9 Å². The predicted molar refractivity (Wildman–Crippen MR) is 76.4 cm³/mol. The number of methoxy groups -OCH3 is 1. The third-order valence-electron chi connectivity index (χ3n) is 3.31. The lowest BCUT2D eigenvalue weighted by Gasteiger charge is -2.21. The molecule has 1 aromatic rings. The minimum atomic E-state index is -0.110. The van der Waals surface area contributed by atoms with Crippen LogP contribution < -0.4 is 4.74 Å². The Bertz CT molecular complexity index is 381. The maximum atomic E-state index is 11.5. The summed E-state index contributed by atoms with van der Waals surface area (Å²) >= 11 is 0. The highest BCUT2D eigenvalue weighted by atomic mass is 16.5. The first-order chi connectivity index (χ1) is 9.08. The molecule has 0 saturated carbocycles. The first-order valence-corrected chi connectivity index (χ1v) is 6.88. The molecule has 0 saturated heterocycles. The zero-order valence-electron chi connectivity index (χ0n) is 12.3. The van der Waals surface area contributed by atoms with Crippen LogP contribution in [-0.4, -0.2) is 19.7 Å². The number of carbonyl (C=O) groups excluding carboxylic acids is 1. The molecule has 0 amide bonds. The van der Waals surface area contributed by atoms with Crippen molar-refractivity contribution >= 4 is 5.97 Å². The largest absolute Gasteiger partial charge is 0.497 e. The fraction of sp³-hybridized carbons (Fsp3) is 0.562. The summed E-state index contributed by atoms with van der Waals surface area (Å²) in [6.45, 7) is 6.65. The van der Waals surface area contributed by atoms with Gasteiger partial charge in [-0.2, -0.15) is 0 Å². The Kier molecular flexibility index (Phi) is 6.40. The van der Waals surface area contributed by atoms with Crippen LogP contribution in [0.3, 0.4) is 0 Å². The molecule has 0 heterocycles. The molecular weight excluding hydrogens is 240 g/mol. The van der Waals surface area contributed by atoms with Crippen molar-refractivity contribution in [2.45, 2.75) is 39.5 Å². The van der Waals surface area contributed by atoms with Gasteiger partial charge >= 0.3 is 5.97 Å². The van der Waals surface area contributed by atoms with Gasteiger partial charge < -0.3 is 9.47 Å². The van der Waals surface area contributed by atoms with E-state index >= 15 is 0 Å². The zero-order valence-corrected chi connectivity index (χ0v) is 12.3.